The van der Waals surface area contributed by atoms with Crippen LogP contribution in [0.2, 0.25) is 0 Å². The van der Waals surface area contributed by atoms with Crippen molar-refractivity contribution in [2.45, 2.75) is 13.3 Å². The standard InChI is InChI=1S/C13H14N4O4/c1-2-5-14-11-6-9(3-4-12(11)17(19)20)13(18)16-10-7-15-21-8-10/h3-4,6-8,14H,2,5H2,1H3,(H,16,18). The van der Waals surface area contributed by atoms with Gasteiger partial charge < -0.3 is 15.2 Å². The van der Waals surface area contributed by atoms with Crippen LogP contribution in [-0.4, -0.2) is 22.5 Å². The Bertz CT molecular complexity index is 640. The summed E-state index contributed by atoms with van der Waals surface area (Å²) in [6.07, 6.45) is 3.47. The fourth-order valence-electron chi connectivity index (χ4n) is 1.71. The van der Waals surface area contributed by atoms with Crippen LogP contribution in [0, 0.1) is 10.1 Å². The third-order valence-corrected chi connectivity index (χ3v) is 2.71. The van der Waals surface area contributed by atoms with Gasteiger partial charge in [0.15, 0.2) is 0 Å². The minimum Gasteiger partial charge on any atom is -0.379 e. The average molecular weight is 290 g/mol. The number of amides is 1. The SMILES string of the molecule is CCCNc1cc(C(=O)Nc2cnoc2)ccc1[N+](=O)[O-]. The van der Waals surface area contributed by atoms with Crippen LogP contribution in [0.4, 0.5) is 17.1 Å². The molecule has 21 heavy (non-hydrogen) atoms. The van der Waals surface area contributed by atoms with E-state index in [1.54, 1.807) is 0 Å². The first-order valence-corrected chi connectivity index (χ1v) is 6.35. The lowest BCUT2D eigenvalue weighted by molar-refractivity contribution is -0.384. The lowest BCUT2D eigenvalue weighted by Crippen LogP contribution is -2.12. The Hall–Kier alpha value is -2.90. The van der Waals surface area contributed by atoms with Gasteiger partial charge in [0, 0.05) is 18.2 Å². The molecule has 0 saturated heterocycles. The maximum atomic E-state index is 12.0. The highest BCUT2D eigenvalue weighted by atomic mass is 16.6. The number of hydrogen-bond donors (Lipinski definition) is 2. The lowest BCUT2D eigenvalue weighted by Gasteiger charge is -2.08. The van der Waals surface area contributed by atoms with Gasteiger partial charge in [0.25, 0.3) is 11.6 Å². The number of aromatic nitrogens is 1. The van der Waals surface area contributed by atoms with Crippen molar-refractivity contribution < 1.29 is 14.2 Å². The summed E-state index contributed by atoms with van der Waals surface area (Å²) in [5.41, 5.74) is 0.978. The first-order valence-electron chi connectivity index (χ1n) is 6.35. The molecule has 2 aromatic rings. The summed E-state index contributed by atoms with van der Waals surface area (Å²) in [6.45, 7) is 2.53. The van der Waals surface area contributed by atoms with Crippen molar-refractivity contribution in [3.63, 3.8) is 0 Å². The van der Waals surface area contributed by atoms with Gasteiger partial charge in [-0.3, -0.25) is 14.9 Å². The highest BCUT2D eigenvalue weighted by Gasteiger charge is 2.16. The van der Waals surface area contributed by atoms with Gasteiger partial charge in [0.1, 0.15) is 17.6 Å². The summed E-state index contributed by atoms with van der Waals surface area (Å²) in [5.74, 6) is -0.396. The Balaban J connectivity index is 2.23. The second-order valence-corrected chi connectivity index (χ2v) is 4.28. The summed E-state index contributed by atoms with van der Waals surface area (Å²) in [5, 5.41) is 20.0. The zero-order valence-electron chi connectivity index (χ0n) is 11.3. The largest absolute Gasteiger partial charge is 0.379 e. The van der Waals surface area contributed by atoms with Crippen molar-refractivity contribution in [2.24, 2.45) is 0 Å². The summed E-state index contributed by atoms with van der Waals surface area (Å²) in [6, 6.07) is 4.16. The molecule has 0 radical (unpaired) electrons. The molecule has 0 aliphatic rings. The van der Waals surface area contributed by atoms with Crippen LogP contribution < -0.4 is 10.6 Å². The van der Waals surface area contributed by atoms with E-state index in [0.717, 1.165) is 6.42 Å². The normalized spacial score (nSPS) is 10.1. The van der Waals surface area contributed by atoms with E-state index < -0.39 is 10.8 Å². The Morgan fingerprint density at radius 2 is 2.29 bits per heavy atom. The van der Waals surface area contributed by atoms with Crippen LogP contribution in [0.3, 0.4) is 0 Å². The number of carbonyl (C=O) groups excluding carboxylic acids is 1. The maximum Gasteiger partial charge on any atom is 0.292 e. The van der Waals surface area contributed by atoms with Gasteiger partial charge in [-0.1, -0.05) is 12.1 Å². The summed E-state index contributed by atoms with van der Waals surface area (Å²) < 4.78 is 4.61. The molecule has 0 fully saturated rings. The van der Waals surface area contributed by atoms with Crippen molar-refractivity contribution in [2.75, 3.05) is 17.2 Å². The number of nitrogens with one attached hydrogen (secondary N) is 2. The van der Waals surface area contributed by atoms with Crippen LogP contribution in [-0.2, 0) is 0 Å². The van der Waals surface area contributed by atoms with E-state index in [1.165, 1.54) is 30.7 Å². The summed E-state index contributed by atoms with van der Waals surface area (Å²) in [4.78, 5) is 22.5. The van der Waals surface area contributed by atoms with Gasteiger partial charge in [-0.05, 0) is 18.6 Å². The fourth-order valence-corrected chi connectivity index (χ4v) is 1.71. The monoisotopic (exact) mass is 290 g/mol. The van der Waals surface area contributed by atoms with Crippen molar-refractivity contribution in [3.8, 4) is 0 Å². The minimum absolute atomic E-state index is 0.0648. The lowest BCUT2D eigenvalue weighted by atomic mass is 10.1. The van der Waals surface area contributed by atoms with E-state index >= 15 is 0 Å². The molecule has 1 heterocycles. The molecule has 1 aromatic carbocycles. The van der Waals surface area contributed by atoms with E-state index in [2.05, 4.69) is 20.3 Å². The predicted octanol–water partition coefficient (Wildman–Crippen LogP) is 2.66. The summed E-state index contributed by atoms with van der Waals surface area (Å²) >= 11 is 0. The maximum absolute atomic E-state index is 12.0. The second-order valence-electron chi connectivity index (χ2n) is 4.28. The van der Waals surface area contributed by atoms with E-state index in [4.69, 9.17) is 0 Å². The number of nitro benzene ring substituents is 1. The zero-order chi connectivity index (χ0) is 15.2. The average Bonchev–Trinajstić information content (AvgIpc) is 2.97. The van der Waals surface area contributed by atoms with E-state index in [9.17, 15) is 14.9 Å². The molecule has 2 rings (SSSR count). The molecule has 0 unspecified atom stereocenters. The van der Waals surface area contributed by atoms with Crippen molar-refractivity contribution >= 4 is 23.0 Å². The van der Waals surface area contributed by atoms with Crippen LogP contribution in [0.25, 0.3) is 0 Å². The van der Waals surface area contributed by atoms with E-state index in [-0.39, 0.29) is 5.69 Å². The predicted molar refractivity (Wildman–Crippen MR) is 76.3 cm³/mol. The third kappa shape index (κ3) is 3.56. The first-order chi connectivity index (χ1) is 10.1. The van der Waals surface area contributed by atoms with Gasteiger partial charge >= 0.3 is 0 Å². The molecule has 8 heteroatoms. The first kappa shape index (κ1) is 14.5. The van der Waals surface area contributed by atoms with Gasteiger partial charge in [0.2, 0.25) is 0 Å². The molecule has 0 saturated carbocycles. The number of anilines is 2. The molecule has 1 amide bonds. The molecule has 0 aliphatic carbocycles. The Morgan fingerprint density at radius 1 is 1.48 bits per heavy atom. The molecule has 110 valence electrons. The fraction of sp³-hybridized carbons (Fsp3) is 0.231. The smallest absolute Gasteiger partial charge is 0.292 e. The minimum atomic E-state index is -0.486. The second kappa shape index (κ2) is 6.51. The molecule has 0 atom stereocenters. The Morgan fingerprint density at radius 3 is 2.90 bits per heavy atom. The van der Waals surface area contributed by atoms with Crippen LogP contribution in [0.15, 0.2) is 35.2 Å². The number of benzene rings is 1. The van der Waals surface area contributed by atoms with Crippen LogP contribution in [0.1, 0.15) is 23.7 Å². The van der Waals surface area contributed by atoms with Crippen LogP contribution >= 0.6 is 0 Å². The number of nitro groups is 1. The van der Waals surface area contributed by atoms with Gasteiger partial charge in [-0.2, -0.15) is 0 Å². The Kier molecular flexibility index (Phi) is 4.50. The molecule has 8 nitrogen and oxygen atoms in total. The molecule has 0 aliphatic heterocycles. The van der Waals surface area contributed by atoms with E-state index in [1.807, 2.05) is 6.92 Å². The molecular weight excluding hydrogens is 276 g/mol. The Labute approximate surface area is 120 Å². The molecule has 1 aromatic heterocycles. The van der Waals surface area contributed by atoms with Gasteiger partial charge in [0.05, 0.1) is 11.1 Å². The van der Waals surface area contributed by atoms with Gasteiger partial charge in [-0.15, -0.1) is 0 Å². The molecule has 0 spiro atoms. The van der Waals surface area contributed by atoms with Crippen molar-refractivity contribution in [1.82, 2.24) is 5.16 Å². The molecular formula is C13H14N4O4. The van der Waals surface area contributed by atoms with Crippen molar-refractivity contribution in [3.05, 3.63) is 46.3 Å². The topological polar surface area (TPSA) is 110 Å². The number of hydrogen-bond acceptors (Lipinski definition) is 6. The quantitative estimate of drug-likeness (QED) is 0.625. The summed E-state index contributed by atoms with van der Waals surface area (Å²) in [7, 11) is 0. The number of carbonyl (C=O) groups is 1. The number of rotatable bonds is 6. The number of nitrogens with zero attached hydrogens (tertiary/aromatic N) is 2. The molecule has 2 N–H and O–H groups in total. The van der Waals surface area contributed by atoms with Crippen LogP contribution in [0.5, 0.6) is 0 Å². The highest BCUT2D eigenvalue weighted by molar-refractivity contribution is 6.05. The zero-order valence-corrected chi connectivity index (χ0v) is 11.3. The van der Waals surface area contributed by atoms with Gasteiger partial charge in [-0.25, -0.2) is 0 Å². The molecule has 0 bridgehead atoms. The van der Waals surface area contributed by atoms with E-state index in [0.29, 0.717) is 23.5 Å². The third-order valence-electron chi connectivity index (χ3n) is 2.71. The van der Waals surface area contributed by atoms with Crippen molar-refractivity contribution in [1.29, 1.82) is 0 Å². The highest BCUT2D eigenvalue weighted by Crippen LogP contribution is 2.26.